The number of amides is 1. The van der Waals surface area contributed by atoms with E-state index in [1.165, 1.54) is 6.20 Å². The van der Waals surface area contributed by atoms with Crippen LogP contribution >= 0.6 is 0 Å². The third-order valence-electron chi connectivity index (χ3n) is 2.49. The summed E-state index contributed by atoms with van der Waals surface area (Å²) in [4.78, 5) is 20.0. The Hall–Kier alpha value is -2.44. The Morgan fingerprint density at radius 2 is 2.22 bits per heavy atom. The molecule has 94 valence electrons. The molecule has 7 nitrogen and oxygen atoms in total. The van der Waals surface area contributed by atoms with Gasteiger partial charge in [-0.3, -0.25) is 14.9 Å². The lowest BCUT2D eigenvalue weighted by atomic mass is 10.2. The molecule has 1 atom stereocenters. The predicted octanol–water partition coefficient (Wildman–Crippen LogP) is 0.732. The number of nitrogens with one attached hydrogen (secondary N) is 3. The van der Waals surface area contributed by atoms with Crippen LogP contribution in [0.25, 0.3) is 0 Å². The molecule has 2 aromatic heterocycles. The first-order chi connectivity index (χ1) is 8.70. The zero-order valence-electron chi connectivity index (χ0n) is 10.1. The summed E-state index contributed by atoms with van der Waals surface area (Å²) in [5.41, 5.74) is 1.18. The van der Waals surface area contributed by atoms with Crippen LogP contribution in [0, 0.1) is 0 Å². The van der Waals surface area contributed by atoms with Gasteiger partial charge in [-0.05, 0) is 6.92 Å². The summed E-state index contributed by atoms with van der Waals surface area (Å²) < 4.78 is 0. The fraction of sp³-hybridized carbons (Fsp3) is 0.273. The third kappa shape index (κ3) is 2.62. The Balaban J connectivity index is 2.07. The fourth-order valence-corrected chi connectivity index (χ4v) is 1.45. The van der Waals surface area contributed by atoms with Gasteiger partial charge < -0.3 is 10.6 Å². The molecule has 0 saturated carbocycles. The van der Waals surface area contributed by atoms with Gasteiger partial charge in [-0.2, -0.15) is 5.10 Å². The van der Waals surface area contributed by atoms with Crippen LogP contribution in [0.3, 0.4) is 0 Å². The summed E-state index contributed by atoms with van der Waals surface area (Å²) >= 11 is 0. The van der Waals surface area contributed by atoms with E-state index >= 15 is 0 Å². The molecule has 2 rings (SSSR count). The largest absolute Gasteiger partial charge is 0.372 e. The number of aromatic amines is 1. The Morgan fingerprint density at radius 1 is 1.39 bits per heavy atom. The molecule has 0 saturated heterocycles. The summed E-state index contributed by atoms with van der Waals surface area (Å²) in [6.45, 7) is 1.87. The minimum Gasteiger partial charge on any atom is -0.372 e. The number of H-pyrrole nitrogens is 1. The van der Waals surface area contributed by atoms with Crippen LogP contribution in [-0.2, 0) is 0 Å². The van der Waals surface area contributed by atoms with E-state index in [2.05, 4.69) is 30.8 Å². The first-order valence-electron chi connectivity index (χ1n) is 5.50. The molecule has 0 bridgehead atoms. The van der Waals surface area contributed by atoms with Crippen LogP contribution < -0.4 is 10.6 Å². The lowest BCUT2D eigenvalue weighted by molar-refractivity contribution is 0.0934. The van der Waals surface area contributed by atoms with Crippen LogP contribution in [0.5, 0.6) is 0 Å². The highest BCUT2D eigenvalue weighted by Crippen LogP contribution is 2.10. The number of rotatable bonds is 4. The normalized spacial score (nSPS) is 11.9. The summed E-state index contributed by atoms with van der Waals surface area (Å²) in [5, 5.41) is 12.2. The maximum atomic E-state index is 11.9. The molecule has 0 aliphatic heterocycles. The van der Waals surface area contributed by atoms with E-state index in [9.17, 15) is 4.79 Å². The van der Waals surface area contributed by atoms with E-state index in [0.29, 0.717) is 5.82 Å². The maximum absolute atomic E-state index is 11.9. The van der Waals surface area contributed by atoms with Crippen molar-refractivity contribution in [2.45, 2.75) is 13.0 Å². The lowest BCUT2D eigenvalue weighted by Gasteiger charge is -2.11. The number of carbonyl (C=O) groups excluding carboxylic acids is 1. The Kier molecular flexibility index (Phi) is 3.52. The molecule has 1 amide bonds. The van der Waals surface area contributed by atoms with Crippen LogP contribution in [0.1, 0.15) is 29.0 Å². The highest BCUT2D eigenvalue weighted by atomic mass is 16.1. The second kappa shape index (κ2) is 5.26. The smallest absolute Gasteiger partial charge is 0.272 e. The van der Waals surface area contributed by atoms with Crippen molar-refractivity contribution in [2.75, 3.05) is 12.4 Å². The zero-order valence-corrected chi connectivity index (χ0v) is 10.1. The molecule has 2 heterocycles. The highest BCUT2D eigenvalue weighted by molar-refractivity contribution is 5.92. The van der Waals surface area contributed by atoms with Crippen LogP contribution in [0.15, 0.2) is 24.8 Å². The number of hydrogen-bond acceptors (Lipinski definition) is 5. The predicted molar refractivity (Wildman–Crippen MR) is 66.0 cm³/mol. The van der Waals surface area contributed by atoms with Crippen LogP contribution in [0.2, 0.25) is 0 Å². The van der Waals surface area contributed by atoms with Crippen molar-refractivity contribution in [1.29, 1.82) is 0 Å². The van der Waals surface area contributed by atoms with E-state index in [0.717, 1.165) is 5.56 Å². The topological polar surface area (TPSA) is 95.6 Å². The van der Waals surface area contributed by atoms with Crippen molar-refractivity contribution in [2.24, 2.45) is 0 Å². The number of anilines is 1. The molecule has 0 radical (unpaired) electrons. The van der Waals surface area contributed by atoms with Crippen molar-refractivity contribution in [3.05, 3.63) is 36.0 Å². The Morgan fingerprint density at radius 3 is 2.89 bits per heavy atom. The van der Waals surface area contributed by atoms with Gasteiger partial charge in [0.2, 0.25) is 0 Å². The molecule has 7 heteroatoms. The van der Waals surface area contributed by atoms with E-state index in [1.54, 1.807) is 25.6 Å². The van der Waals surface area contributed by atoms with Crippen LogP contribution in [0.4, 0.5) is 5.82 Å². The average Bonchev–Trinajstić information content (AvgIpc) is 2.92. The van der Waals surface area contributed by atoms with Gasteiger partial charge in [0.25, 0.3) is 5.91 Å². The molecule has 18 heavy (non-hydrogen) atoms. The van der Waals surface area contributed by atoms with E-state index in [4.69, 9.17) is 0 Å². The Labute approximate surface area is 104 Å². The average molecular weight is 246 g/mol. The number of nitrogens with zero attached hydrogens (tertiary/aromatic N) is 3. The number of aromatic nitrogens is 4. The van der Waals surface area contributed by atoms with Gasteiger partial charge in [-0.1, -0.05) is 0 Å². The molecule has 0 spiro atoms. The monoisotopic (exact) mass is 246 g/mol. The molecule has 0 aromatic carbocycles. The molecular weight excluding hydrogens is 232 g/mol. The number of hydrogen-bond donors (Lipinski definition) is 3. The molecule has 3 N–H and O–H groups in total. The third-order valence-corrected chi connectivity index (χ3v) is 2.49. The molecule has 0 aliphatic carbocycles. The highest BCUT2D eigenvalue weighted by Gasteiger charge is 2.13. The molecule has 2 aromatic rings. The molecule has 0 aliphatic rings. The van der Waals surface area contributed by atoms with Crippen molar-refractivity contribution in [1.82, 2.24) is 25.5 Å². The van der Waals surface area contributed by atoms with Crippen molar-refractivity contribution >= 4 is 11.7 Å². The summed E-state index contributed by atoms with van der Waals surface area (Å²) in [6.07, 6.45) is 6.38. The van der Waals surface area contributed by atoms with Gasteiger partial charge in [-0.15, -0.1) is 0 Å². The number of carbonyl (C=O) groups is 1. The molecule has 0 fully saturated rings. The summed E-state index contributed by atoms with van der Waals surface area (Å²) in [6, 6.07) is -0.142. The SMILES string of the molecule is CNc1cncc(C(=O)NC(C)c2cn[nH]c2)n1. The fourth-order valence-electron chi connectivity index (χ4n) is 1.45. The van der Waals surface area contributed by atoms with Crippen molar-refractivity contribution < 1.29 is 4.79 Å². The second-order valence-electron chi connectivity index (χ2n) is 3.77. The summed E-state index contributed by atoms with van der Waals surface area (Å²) in [7, 11) is 1.72. The first kappa shape index (κ1) is 12.0. The van der Waals surface area contributed by atoms with Gasteiger partial charge >= 0.3 is 0 Å². The van der Waals surface area contributed by atoms with Crippen LogP contribution in [-0.4, -0.2) is 33.1 Å². The van der Waals surface area contributed by atoms with Crippen molar-refractivity contribution in [3.8, 4) is 0 Å². The minimum atomic E-state index is -0.270. The van der Waals surface area contributed by atoms with Gasteiger partial charge in [-0.25, -0.2) is 4.98 Å². The zero-order chi connectivity index (χ0) is 13.0. The van der Waals surface area contributed by atoms with E-state index in [1.807, 2.05) is 6.92 Å². The minimum absolute atomic E-state index is 0.142. The molecule has 1 unspecified atom stereocenters. The maximum Gasteiger partial charge on any atom is 0.272 e. The first-order valence-corrected chi connectivity index (χ1v) is 5.50. The second-order valence-corrected chi connectivity index (χ2v) is 3.77. The lowest BCUT2D eigenvalue weighted by Crippen LogP contribution is -2.27. The van der Waals surface area contributed by atoms with Gasteiger partial charge in [0, 0.05) is 18.8 Å². The summed E-state index contributed by atoms with van der Waals surface area (Å²) in [5.74, 6) is 0.284. The Bertz CT molecular complexity index is 524. The van der Waals surface area contributed by atoms with E-state index in [-0.39, 0.29) is 17.6 Å². The van der Waals surface area contributed by atoms with Gasteiger partial charge in [0.15, 0.2) is 0 Å². The quantitative estimate of drug-likeness (QED) is 0.739. The van der Waals surface area contributed by atoms with Crippen molar-refractivity contribution in [3.63, 3.8) is 0 Å². The molecular formula is C11H14N6O. The van der Waals surface area contributed by atoms with E-state index < -0.39 is 0 Å². The standard InChI is InChI=1S/C11H14N6O/c1-7(8-3-14-15-4-8)16-11(18)9-5-13-6-10(12-2)17-9/h3-7H,1-2H3,(H,12,17)(H,14,15)(H,16,18). The van der Waals surface area contributed by atoms with Gasteiger partial charge in [0.1, 0.15) is 11.5 Å². The van der Waals surface area contributed by atoms with Gasteiger partial charge in [0.05, 0.1) is 24.6 Å².